The van der Waals surface area contributed by atoms with Gasteiger partial charge in [0.1, 0.15) is 0 Å². The summed E-state index contributed by atoms with van der Waals surface area (Å²) in [7, 11) is -5.49. The normalized spacial score (nSPS) is 22.6. The minimum absolute atomic E-state index is 0.00496. The molecule has 15 heteroatoms. The molecule has 3 aromatic rings. The van der Waals surface area contributed by atoms with Crippen molar-refractivity contribution >= 4 is 49.2 Å². The number of hydrogen-bond acceptors (Lipinski definition) is 10. The molecule has 4 heterocycles. The first-order chi connectivity index (χ1) is 20.1. The zero-order valence-corrected chi connectivity index (χ0v) is 26.4. The molecule has 0 radical (unpaired) electrons. The number of aryl methyl sites for hydroxylation is 2. The van der Waals surface area contributed by atoms with Crippen LogP contribution in [0.2, 0.25) is 5.02 Å². The molecule has 3 atom stereocenters. The molecule has 2 aliphatic rings. The number of benzene rings is 1. The summed E-state index contributed by atoms with van der Waals surface area (Å²) in [6.07, 6.45) is 2.63. The highest BCUT2D eigenvalue weighted by molar-refractivity contribution is 7.93. The Labute approximate surface area is 255 Å². The summed E-state index contributed by atoms with van der Waals surface area (Å²) >= 11 is 6.48. The van der Waals surface area contributed by atoms with Crippen LogP contribution in [0, 0.1) is 13.8 Å². The van der Waals surface area contributed by atoms with E-state index in [0.717, 1.165) is 11.8 Å². The molecule has 0 spiro atoms. The molecule has 1 fully saturated rings. The van der Waals surface area contributed by atoms with Crippen molar-refractivity contribution in [2.24, 2.45) is 0 Å². The van der Waals surface area contributed by atoms with Crippen LogP contribution in [-0.2, 0) is 39.5 Å². The Balaban J connectivity index is 1.84. The van der Waals surface area contributed by atoms with Gasteiger partial charge in [-0.05, 0) is 55.3 Å². The largest absolute Gasteiger partial charge is 0.347 e. The van der Waals surface area contributed by atoms with E-state index in [4.69, 9.17) is 15.8 Å². The van der Waals surface area contributed by atoms with E-state index >= 15 is 4.79 Å². The van der Waals surface area contributed by atoms with E-state index in [1.807, 2.05) is 0 Å². The first-order valence-electron chi connectivity index (χ1n) is 13.2. The molecule has 0 aliphatic carbocycles. The summed E-state index contributed by atoms with van der Waals surface area (Å²) in [4.78, 5) is 40.2. The third-order valence-corrected chi connectivity index (χ3v) is 10.0. The van der Waals surface area contributed by atoms with E-state index in [1.165, 1.54) is 60.6 Å². The molecule has 2 aliphatic heterocycles. The summed E-state index contributed by atoms with van der Waals surface area (Å²) < 4.78 is 58.7. The maximum atomic E-state index is 15.1. The van der Waals surface area contributed by atoms with Crippen molar-refractivity contribution in [3.8, 4) is 0 Å². The summed E-state index contributed by atoms with van der Waals surface area (Å²) in [5.41, 5.74) is -0.441. The standard InChI is InChI=1S/C28H30ClN5O7S2/c1-17-8-11-24(31-15-17)43(39,40)34-22-10-9-19(29)13-21(22)28(27(34)36,25-18(2)7-6-12-30-25)33-16-20(41-42(5,37)38)14-23(33)26(35)32(3)4/h6-13,15,20,23H,14,16H2,1-5H3/t20-,23+,28?/m1/s1. The fourth-order valence-corrected chi connectivity index (χ4v) is 8.00. The number of halogens is 1. The zero-order valence-electron chi connectivity index (χ0n) is 24.1. The number of amides is 2. The first-order valence-corrected chi connectivity index (χ1v) is 16.8. The van der Waals surface area contributed by atoms with Gasteiger partial charge in [-0.3, -0.25) is 23.7 Å². The van der Waals surface area contributed by atoms with Crippen LogP contribution < -0.4 is 4.31 Å². The van der Waals surface area contributed by atoms with Crippen LogP contribution in [0.5, 0.6) is 0 Å². The quantitative estimate of drug-likeness (QED) is 0.350. The molecule has 228 valence electrons. The molecule has 0 bridgehead atoms. The molecule has 2 aromatic heterocycles. The van der Waals surface area contributed by atoms with E-state index < -0.39 is 49.6 Å². The topological polar surface area (TPSA) is 147 Å². The van der Waals surface area contributed by atoms with Crippen LogP contribution in [0.3, 0.4) is 0 Å². The minimum atomic E-state index is -4.60. The number of hydrogen-bond donors (Lipinski definition) is 0. The zero-order chi connectivity index (χ0) is 31.5. The van der Waals surface area contributed by atoms with Crippen LogP contribution in [0.25, 0.3) is 0 Å². The summed E-state index contributed by atoms with van der Waals surface area (Å²) in [6, 6.07) is 9.51. The lowest BCUT2D eigenvalue weighted by molar-refractivity contribution is -0.138. The molecular weight excluding hydrogens is 618 g/mol. The third-order valence-electron chi connectivity index (χ3n) is 7.53. The van der Waals surface area contributed by atoms with Gasteiger partial charge in [-0.1, -0.05) is 23.7 Å². The van der Waals surface area contributed by atoms with Gasteiger partial charge in [-0.15, -0.1) is 0 Å². The van der Waals surface area contributed by atoms with Crippen LogP contribution in [0.15, 0.2) is 59.9 Å². The second kappa shape index (κ2) is 10.9. The van der Waals surface area contributed by atoms with Gasteiger partial charge < -0.3 is 4.90 Å². The lowest BCUT2D eigenvalue weighted by atomic mass is 9.82. The number of fused-ring (bicyclic) bond motifs is 1. The fraction of sp³-hybridized carbons (Fsp3) is 0.357. The number of carbonyl (C=O) groups is 2. The van der Waals surface area contributed by atoms with Crippen LogP contribution >= 0.6 is 11.6 Å². The van der Waals surface area contributed by atoms with Gasteiger partial charge in [0, 0.05) is 50.0 Å². The highest BCUT2D eigenvalue weighted by atomic mass is 35.5. The van der Waals surface area contributed by atoms with Gasteiger partial charge in [0.15, 0.2) is 10.6 Å². The minimum Gasteiger partial charge on any atom is -0.347 e. The summed E-state index contributed by atoms with van der Waals surface area (Å²) in [6.45, 7) is 3.24. The molecule has 5 rings (SSSR count). The van der Waals surface area contributed by atoms with Gasteiger partial charge >= 0.3 is 0 Å². The maximum Gasteiger partial charge on any atom is 0.288 e. The van der Waals surface area contributed by atoms with Gasteiger partial charge in [0.2, 0.25) is 5.91 Å². The number of likely N-dealkylation sites (N-methyl/N-ethyl adjacent to an activating group) is 1. The van der Waals surface area contributed by atoms with E-state index in [1.54, 1.807) is 32.0 Å². The van der Waals surface area contributed by atoms with E-state index in [-0.39, 0.29) is 40.0 Å². The van der Waals surface area contributed by atoms with Gasteiger partial charge in [0.05, 0.1) is 29.8 Å². The lowest BCUT2D eigenvalue weighted by Gasteiger charge is -2.41. The highest BCUT2D eigenvalue weighted by Crippen LogP contribution is 2.53. The molecule has 2 amide bonds. The SMILES string of the molecule is Cc1ccc(S(=O)(=O)N2C(=O)C(c3ncccc3C)(N3C[C@H](OS(C)(=O)=O)C[C@H]3C(=O)N(C)C)c3cc(Cl)ccc32)nc1. The Morgan fingerprint density at radius 2 is 1.81 bits per heavy atom. The predicted octanol–water partition coefficient (Wildman–Crippen LogP) is 2.23. The number of sulfonamides is 1. The third kappa shape index (κ3) is 5.20. The predicted molar refractivity (Wildman–Crippen MR) is 158 cm³/mol. The second-order valence-electron chi connectivity index (χ2n) is 10.8. The first kappa shape index (κ1) is 31.0. The van der Waals surface area contributed by atoms with Crippen molar-refractivity contribution in [1.29, 1.82) is 0 Å². The molecule has 0 saturated carbocycles. The van der Waals surface area contributed by atoms with Crippen LogP contribution in [-0.4, -0.2) is 87.5 Å². The van der Waals surface area contributed by atoms with Crippen molar-refractivity contribution < 1.29 is 30.6 Å². The maximum absolute atomic E-state index is 15.1. The highest BCUT2D eigenvalue weighted by Gasteiger charge is 2.64. The fourth-order valence-electron chi connectivity index (χ4n) is 5.81. The van der Waals surface area contributed by atoms with Crippen LogP contribution in [0.4, 0.5) is 5.69 Å². The molecule has 1 aromatic carbocycles. The smallest absolute Gasteiger partial charge is 0.288 e. The number of likely N-dealkylation sites (tertiary alicyclic amines) is 1. The average molecular weight is 648 g/mol. The van der Waals surface area contributed by atoms with Crippen LogP contribution in [0.1, 0.15) is 28.8 Å². The molecule has 12 nitrogen and oxygen atoms in total. The molecular formula is C28H30ClN5O7S2. The van der Waals surface area contributed by atoms with E-state index in [9.17, 15) is 21.6 Å². The Morgan fingerprint density at radius 3 is 2.42 bits per heavy atom. The van der Waals surface area contributed by atoms with Crippen molar-refractivity contribution in [2.45, 2.75) is 43.0 Å². The molecule has 1 unspecified atom stereocenters. The van der Waals surface area contributed by atoms with Gasteiger partial charge in [-0.2, -0.15) is 21.1 Å². The van der Waals surface area contributed by atoms with Gasteiger partial charge in [0.25, 0.3) is 26.0 Å². The number of rotatable bonds is 7. The molecule has 43 heavy (non-hydrogen) atoms. The second-order valence-corrected chi connectivity index (χ2v) is 14.6. The molecule has 0 N–H and O–H groups in total. The lowest BCUT2D eigenvalue weighted by Crippen LogP contribution is -2.59. The number of nitrogens with zero attached hydrogens (tertiary/aromatic N) is 5. The van der Waals surface area contributed by atoms with Crippen molar-refractivity contribution in [1.82, 2.24) is 19.8 Å². The Morgan fingerprint density at radius 1 is 1.09 bits per heavy atom. The van der Waals surface area contributed by atoms with E-state index in [2.05, 4.69) is 9.97 Å². The number of aromatic nitrogens is 2. The average Bonchev–Trinajstić information content (AvgIpc) is 3.44. The molecule has 1 saturated heterocycles. The number of pyridine rings is 2. The summed E-state index contributed by atoms with van der Waals surface area (Å²) in [5, 5.41) is -0.155. The number of anilines is 1. The van der Waals surface area contributed by atoms with Crippen molar-refractivity contribution in [2.75, 3.05) is 31.2 Å². The number of carbonyl (C=O) groups excluding carboxylic acids is 2. The Hall–Kier alpha value is -3.43. The Bertz CT molecular complexity index is 1830. The monoisotopic (exact) mass is 647 g/mol. The van der Waals surface area contributed by atoms with Gasteiger partial charge in [-0.25, -0.2) is 4.98 Å². The van der Waals surface area contributed by atoms with Crippen molar-refractivity contribution in [3.63, 3.8) is 0 Å². The summed E-state index contributed by atoms with van der Waals surface area (Å²) in [5.74, 6) is -1.38. The Kier molecular flexibility index (Phi) is 7.88. The van der Waals surface area contributed by atoms with Crippen molar-refractivity contribution in [3.05, 3.63) is 82.3 Å². The van der Waals surface area contributed by atoms with E-state index in [0.29, 0.717) is 9.87 Å².